The van der Waals surface area contributed by atoms with Crippen molar-refractivity contribution >= 4 is 12.2 Å². The summed E-state index contributed by atoms with van der Waals surface area (Å²) in [4.78, 5) is 11.1. The Kier molecular flexibility index (Phi) is 1.94. The largest absolute Gasteiger partial charge is 0.331 e. The molecule has 0 fully saturated rings. The van der Waals surface area contributed by atoms with Crippen molar-refractivity contribution in [3.05, 3.63) is 29.4 Å². The molecule has 0 aliphatic rings. The molecule has 0 aliphatic carbocycles. The van der Waals surface area contributed by atoms with Crippen LogP contribution >= 0.6 is 12.2 Å². The summed E-state index contributed by atoms with van der Waals surface area (Å²) in [5.74, 6) is 0.743. The van der Waals surface area contributed by atoms with Crippen LogP contribution in [0.4, 0.5) is 0 Å². The first-order chi connectivity index (χ1) is 6.27. The summed E-state index contributed by atoms with van der Waals surface area (Å²) < 4.78 is 2.55. The van der Waals surface area contributed by atoms with Crippen molar-refractivity contribution in [2.24, 2.45) is 7.05 Å². The van der Waals surface area contributed by atoms with Crippen LogP contribution in [0.5, 0.6) is 0 Å². The number of rotatable bonds is 1. The Morgan fingerprint density at radius 2 is 2.38 bits per heavy atom. The lowest BCUT2D eigenvalue weighted by atomic mass is 10.4. The summed E-state index contributed by atoms with van der Waals surface area (Å²) in [5, 5.41) is 0. The van der Waals surface area contributed by atoms with Gasteiger partial charge in [-0.3, -0.25) is 0 Å². The zero-order valence-corrected chi connectivity index (χ0v) is 7.88. The van der Waals surface area contributed by atoms with E-state index in [1.54, 1.807) is 24.8 Å². The molecule has 2 rings (SSSR count). The standard InChI is InChI=1S/C8H8N4S/c1-12-5-9-4-6(12)8-10-3-2-7(13)11-8/h2-5H,1H3,(H,10,11,13). The molecule has 0 saturated heterocycles. The van der Waals surface area contributed by atoms with Crippen LogP contribution in [0.25, 0.3) is 11.5 Å². The highest BCUT2D eigenvalue weighted by atomic mass is 32.1. The van der Waals surface area contributed by atoms with Gasteiger partial charge in [-0.05, 0) is 6.07 Å². The molecule has 0 aromatic carbocycles. The fourth-order valence-electron chi connectivity index (χ4n) is 1.09. The maximum absolute atomic E-state index is 4.99. The SMILES string of the molecule is Cn1cncc1-c1nccc(=S)[nH]1. The monoisotopic (exact) mass is 192 g/mol. The lowest BCUT2D eigenvalue weighted by molar-refractivity contribution is 0.907. The smallest absolute Gasteiger partial charge is 0.156 e. The molecule has 0 saturated carbocycles. The second-order valence-corrected chi connectivity index (χ2v) is 3.11. The maximum Gasteiger partial charge on any atom is 0.156 e. The van der Waals surface area contributed by atoms with Gasteiger partial charge in [-0.15, -0.1) is 0 Å². The molecular formula is C8H8N4S. The molecule has 0 spiro atoms. The molecule has 0 aliphatic heterocycles. The fraction of sp³-hybridized carbons (Fsp3) is 0.125. The van der Waals surface area contributed by atoms with Gasteiger partial charge >= 0.3 is 0 Å². The van der Waals surface area contributed by atoms with Gasteiger partial charge in [-0.2, -0.15) is 0 Å². The molecule has 0 atom stereocenters. The molecule has 0 amide bonds. The quantitative estimate of drug-likeness (QED) is 0.697. The Labute approximate surface area is 80.3 Å². The summed E-state index contributed by atoms with van der Waals surface area (Å²) in [6.07, 6.45) is 5.15. The molecule has 1 N–H and O–H groups in total. The van der Waals surface area contributed by atoms with Crippen LogP contribution in [0.15, 0.2) is 24.8 Å². The molecule has 0 bridgehead atoms. The molecule has 2 heterocycles. The van der Waals surface area contributed by atoms with Crippen molar-refractivity contribution in [2.45, 2.75) is 0 Å². The Bertz CT molecular complexity index is 471. The topological polar surface area (TPSA) is 46.5 Å². The summed E-state index contributed by atoms with van der Waals surface area (Å²) >= 11 is 4.99. The Balaban J connectivity index is 2.59. The first-order valence-electron chi connectivity index (χ1n) is 3.79. The number of nitrogens with zero attached hydrogens (tertiary/aromatic N) is 3. The van der Waals surface area contributed by atoms with E-state index in [4.69, 9.17) is 12.2 Å². The van der Waals surface area contributed by atoms with E-state index in [-0.39, 0.29) is 0 Å². The molecule has 0 radical (unpaired) electrons. The average Bonchev–Trinajstić information content (AvgIpc) is 2.51. The lowest BCUT2D eigenvalue weighted by Gasteiger charge is -1.99. The summed E-state index contributed by atoms with van der Waals surface area (Å²) in [7, 11) is 1.91. The van der Waals surface area contributed by atoms with E-state index < -0.39 is 0 Å². The van der Waals surface area contributed by atoms with E-state index in [0.717, 1.165) is 11.5 Å². The van der Waals surface area contributed by atoms with Gasteiger partial charge in [0.15, 0.2) is 5.82 Å². The van der Waals surface area contributed by atoms with Gasteiger partial charge in [0.05, 0.1) is 12.5 Å². The molecule has 2 aromatic rings. The number of imidazole rings is 1. The van der Waals surface area contributed by atoms with Crippen molar-refractivity contribution in [1.82, 2.24) is 19.5 Å². The van der Waals surface area contributed by atoms with E-state index in [1.165, 1.54) is 0 Å². The lowest BCUT2D eigenvalue weighted by Crippen LogP contribution is -1.94. The van der Waals surface area contributed by atoms with Crippen LogP contribution in [0.2, 0.25) is 0 Å². The highest BCUT2D eigenvalue weighted by Gasteiger charge is 2.02. The van der Waals surface area contributed by atoms with Crippen LogP contribution < -0.4 is 0 Å². The number of nitrogens with one attached hydrogen (secondary N) is 1. The molecule has 0 unspecified atom stereocenters. The normalized spacial score (nSPS) is 10.2. The zero-order chi connectivity index (χ0) is 9.26. The second kappa shape index (κ2) is 3.10. The molecule has 5 heteroatoms. The number of hydrogen-bond acceptors (Lipinski definition) is 3. The summed E-state index contributed by atoms with van der Waals surface area (Å²) in [6, 6.07) is 1.75. The van der Waals surface area contributed by atoms with Gasteiger partial charge in [0.1, 0.15) is 10.3 Å². The fourth-order valence-corrected chi connectivity index (χ4v) is 1.24. The number of aryl methyl sites for hydroxylation is 1. The van der Waals surface area contributed by atoms with Crippen LogP contribution in [0.3, 0.4) is 0 Å². The van der Waals surface area contributed by atoms with Crippen LogP contribution in [-0.4, -0.2) is 19.5 Å². The van der Waals surface area contributed by atoms with Crippen LogP contribution in [-0.2, 0) is 7.05 Å². The zero-order valence-electron chi connectivity index (χ0n) is 7.06. The van der Waals surface area contributed by atoms with E-state index in [2.05, 4.69) is 15.0 Å². The molecule has 66 valence electrons. The Hall–Kier alpha value is -1.49. The third kappa shape index (κ3) is 1.50. The van der Waals surface area contributed by atoms with Crippen molar-refractivity contribution in [3.63, 3.8) is 0 Å². The van der Waals surface area contributed by atoms with Gasteiger partial charge in [0.25, 0.3) is 0 Å². The molecule has 4 nitrogen and oxygen atoms in total. The van der Waals surface area contributed by atoms with Gasteiger partial charge in [-0.25, -0.2) is 9.97 Å². The van der Waals surface area contributed by atoms with E-state index in [0.29, 0.717) is 4.64 Å². The number of aromatic amines is 1. The average molecular weight is 192 g/mol. The maximum atomic E-state index is 4.99. The van der Waals surface area contributed by atoms with Crippen molar-refractivity contribution in [1.29, 1.82) is 0 Å². The van der Waals surface area contributed by atoms with Crippen molar-refractivity contribution < 1.29 is 0 Å². The molecular weight excluding hydrogens is 184 g/mol. The van der Waals surface area contributed by atoms with Gasteiger partial charge in [0, 0.05) is 13.2 Å². The predicted molar refractivity (Wildman–Crippen MR) is 51.6 cm³/mol. The third-order valence-corrected chi connectivity index (χ3v) is 1.97. The minimum absolute atomic E-state index is 0.672. The Morgan fingerprint density at radius 1 is 1.54 bits per heavy atom. The summed E-state index contributed by atoms with van der Waals surface area (Å²) in [6.45, 7) is 0. The van der Waals surface area contributed by atoms with Gasteiger partial charge in [-0.1, -0.05) is 12.2 Å². The highest BCUT2D eigenvalue weighted by Crippen LogP contribution is 2.10. The number of H-pyrrole nitrogens is 1. The minimum Gasteiger partial charge on any atom is -0.331 e. The second-order valence-electron chi connectivity index (χ2n) is 2.67. The van der Waals surface area contributed by atoms with Crippen molar-refractivity contribution in [3.8, 4) is 11.5 Å². The van der Waals surface area contributed by atoms with Crippen LogP contribution in [0.1, 0.15) is 0 Å². The van der Waals surface area contributed by atoms with Gasteiger partial charge in [0.2, 0.25) is 0 Å². The van der Waals surface area contributed by atoms with Crippen molar-refractivity contribution in [2.75, 3.05) is 0 Å². The van der Waals surface area contributed by atoms with Gasteiger partial charge < -0.3 is 9.55 Å². The first kappa shape index (κ1) is 8.12. The van der Waals surface area contributed by atoms with E-state index in [9.17, 15) is 0 Å². The number of hydrogen-bond donors (Lipinski definition) is 1. The summed E-state index contributed by atoms with van der Waals surface area (Å²) in [5.41, 5.74) is 0.923. The minimum atomic E-state index is 0.672. The first-order valence-corrected chi connectivity index (χ1v) is 4.20. The molecule has 13 heavy (non-hydrogen) atoms. The van der Waals surface area contributed by atoms with E-state index in [1.807, 2.05) is 11.6 Å². The molecule has 2 aromatic heterocycles. The number of aromatic nitrogens is 4. The third-order valence-electron chi connectivity index (χ3n) is 1.73. The predicted octanol–water partition coefficient (Wildman–Crippen LogP) is 1.54. The van der Waals surface area contributed by atoms with Crippen LogP contribution in [0, 0.1) is 4.64 Å². The highest BCUT2D eigenvalue weighted by molar-refractivity contribution is 7.71. The Morgan fingerprint density at radius 3 is 3.00 bits per heavy atom. The van der Waals surface area contributed by atoms with E-state index >= 15 is 0 Å².